The van der Waals surface area contributed by atoms with E-state index >= 15 is 0 Å². The monoisotopic (exact) mass is 354 g/mol. The molecule has 0 saturated heterocycles. The Balaban J connectivity index is 1.77. The quantitative estimate of drug-likeness (QED) is 0.695. The lowest BCUT2D eigenvalue weighted by Gasteiger charge is -2.25. The molecular formula is C19H22N4OS. The van der Waals surface area contributed by atoms with Gasteiger partial charge in [0, 0.05) is 11.9 Å². The van der Waals surface area contributed by atoms with Gasteiger partial charge in [-0.1, -0.05) is 19.1 Å². The van der Waals surface area contributed by atoms with Crippen LogP contribution in [0.1, 0.15) is 45.6 Å². The Morgan fingerprint density at radius 2 is 2.04 bits per heavy atom. The van der Waals surface area contributed by atoms with Crippen molar-refractivity contribution in [2.75, 3.05) is 7.05 Å². The minimum atomic E-state index is -0.00946. The van der Waals surface area contributed by atoms with Crippen LogP contribution in [0.3, 0.4) is 0 Å². The van der Waals surface area contributed by atoms with E-state index in [0.29, 0.717) is 0 Å². The average molecular weight is 354 g/mol. The van der Waals surface area contributed by atoms with E-state index in [4.69, 9.17) is 0 Å². The standard InChI is InChI=1S/C19H22N4OS/c1-5-15-10-18(25-14(15)3)19(24)22(4)13(2)16-6-8-17(9-7-16)23-12-20-11-21-23/h6-13H,5H2,1-4H3/t13-/m0/s1. The van der Waals surface area contributed by atoms with Crippen molar-refractivity contribution < 1.29 is 4.79 Å². The Hall–Kier alpha value is -2.47. The second-order valence-electron chi connectivity index (χ2n) is 6.07. The van der Waals surface area contributed by atoms with E-state index in [1.807, 2.05) is 44.3 Å². The molecule has 2 aromatic heterocycles. The van der Waals surface area contributed by atoms with Crippen LogP contribution in [-0.2, 0) is 6.42 Å². The zero-order chi connectivity index (χ0) is 18.0. The Labute approximate surface area is 151 Å². The zero-order valence-corrected chi connectivity index (χ0v) is 15.7. The van der Waals surface area contributed by atoms with Crippen molar-refractivity contribution >= 4 is 17.2 Å². The molecule has 0 aliphatic carbocycles. The second kappa shape index (κ2) is 7.19. The number of hydrogen-bond acceptors (Lipinski definition) is 4. The van der Waals surface area contributed by atoms with Crippen molar-refractivity contribution in [2.24, 2.45) is 0 Å². The van der Waals surface area contributed by atoms with Gasteiger partial charge in [-0.05, 0) is 49.6 Å². The highest BCUT2D eigenvalue weighted by atomic mass is 32.1. The molecule has 1 amide bonds. The van der Waals surface area contributed by atoms with Gasteiger partial charge in [0.1, 0.15) is 12.7 Å². The van der Waals surface area contributed by atoms with Gasteiger partial charge in [0.15, 0.2) is 0 Å². The summed E-state index contributed by atoms with van der Waals surface area (Å²) in [6, 6.07) is 10.1. The van der Waals surface area contributed by atoms with Gasteiger partial charge in [-0.3, -0.25) is 4.79 Å². The van der Waals surface area contributed by atoms with Crippen molar-refractivity contribution in [3.63, 3.8) is 0 Å². The van der Waals surface area contributed by atoms with Crippen LogP contribution in [0.25, 0.3) is 5.69 Å². The van der Waals surface area contributed by atoms with E-state index in [2.05, 4.69) is 23.9 Å². The Kier molecular flexibility index (Phi) is 4.99. The van der Waals surface area contributed by atoms with Crippen molar-refractivity contribution in [2.45, 2.75) is 33.2 Å². The van der Waals surface area contributed by atoms with Crippen LogP contribution in [0.5, 0.6) is 0 Å². The summed E-state index contributed by atoms with van der Waals surface area (Å²) in [4.78, 5) is 20.6. The van der Waals surface area contributed by atoms with Crippen LogP contribution >= 0.6 is 11.3 Å². The van der Waals surface area contributed by atoms with E-state index in [1.165, 1.54) is 16.8 Å². The van der Waals surface area contributed by atoms with Crippen LogP contribution in [0.15, 0.2) is 43.0 Å². The molecule has 0 aliphatic heterocycles. The average Bonchev–Trinajstić information content (AvgIpc) is 3.29. The number of amides is 1. The van der Waals surface area contributed by atoms with Gasteiger partial charge in [-0.15, -0.1) is 11.3 Å². The summed E-state index contributed by atoms with van der Waals surface area (Å²) in [6.45, 7) is 6.24. The predicted molar refractivity (Wildman–Crippen MR) is 100 cm³/mol. The fraction of sp³-hybridized carbons (Fsp3) is 0.316. The molecule has 1 atom stereocenters. The maximum absolute atomic E-state index is 12.8. The molecule has 130 valence electrons. The number of carbonyl (C=O) groups is 1. The molecule has 6 heteroatoms. The van der Waals surface area contributed by atoms with Gasteiger partial charge in [0.05, 0.1) is 16.6 Å². The summed E-state index contributed by atoms with van der Waals surface area (Å²) in [7, 11) is 1.86. The molecule has 0 fully saturated rings. The lowest BCUT2D eigenvalue weighted by atomic mass is 10.1. The molecule has 3 rings (SSSR count). The van der Waals surface area contributed by atoms with Crippen molar-refractivity contribution in [1.29, 1.82) is 0 Å². The smallest absolute Gasteiger partial charge is 0.264 e. The van der Waals surface area contributed by atoms with Crippen molar-refractivity contribution in [3.8, 4) is 5.69 Å². The highest BCUT2D eigenvalue weighted by Crippen LogP contribution is 2.27. The van der Waals surface area contributed by atoms with Crippen molar-refractivity contribution in [3.05, 3.63) is 63.9 Å². The third-order valence-corrected chi connectivity index (χ3v) is 5.65. The number of benzene rings is 1. The summed E-state index contributed by atoms with van der Waals surface area (Å²) in [6.07, 6.45) is 4.13. The summed E-state index contributed by atoms with van der Waals surface area (Å²) in [5.41, 5.74) is 3.29. The summed E-state index contributed by atoms with van der Waals surface area (Å²) in [5, 5.41) is 4.13. The minimum Gasteiger partial charge on any atom is -0.334 e. The first-order chi connectivity index (χ1) is 12.0. The van der Waals surface area contributed by atoms with Gasteiger partial charge in [0.2, 0.25) is 0 Å². The van der Waals surface area contributed by atoms with E-state index in [-0.39, 0.29) is 11.9 Å². The lowest BCUT2D eigenvalue weighted by Crippen LogP contribution is -2.29. The molecule has 2 heterocycles. The van der Waals surface area contributed by atoms with Gasteiger partial charge in [0.25, 0.3) is 5.91 Å². The van der Waals surface area contributed by atoms with E-state index in [1.54, 1.807) is 27.2 Å². The topological polar surface area (TPSA) is 51.0 Å². The molecule has 0 spiro atoms. The number of carbonyl (C=O) groups excluding carboxylic acids is 1. The van der Waals surface area contributed by atoms with Crippen LogP contribution in [0, 0.1) is 6.92 Å². The molecule has 0 aliphatic rings. The largest absolute Gasteiger partial charge is 0.334 e. The molecule has 25 heavy (non-hydrogen) atoms. The predicted octanol–water partition coefficient (Wildman–Crippen LogP) is 4.03. The molecular weight excluding hydrogens is 332 g/mol. The molecule has 0 unspecified atom stereocenters. The molecule has 0 bridgehead atoms. The molecule has 3 aromatic rings. The molecule has 1 aromatic carbocycles. The fourth-order valence-electron chi connectivity index (χ4n) is 2.80. The van der Waals surface area contributed by atoms with E-state index in [0.717, 1.165) is 22.5 Å². The number of thiophene rings is 1. The Morgan fingerprint density at radius 3 is 2.60 bits per heavy atom. The lowest BCUT2D eigenvalue weighted by molar-refractivity contribution is 0.0747. The number of aromatic nitrogens is 3. The van der Waals surface area contributed by atoms with Crippen LogP contribution in [0.4, 0.5) is 0 Å². The number of rotatable bonds is 5. The third-order valence-electron chi connectivity index (χ3n) is 4.57. The van der Waals surface area contributed by atoms with E-state index in [9.17, 15) is 4.79 Å². The minimum absolute atomic E-state index is 0.00946. The molecule has 0 saturated carbocycles. The molecule has 0 radical (unpaired) electrons. The summed E-state index contributed by atoms with van der Waals surface area (Å²) >= 11 is 1.58. The summed E-state index contributed by atoms with van der Waals surface area (Å²) < 4.78 is 1.71. The number of aryl methyl sites for hydroxylation is 2. The SMILES string of the molecule is CCc1cc(C(=O)N(C)[C@@H](C)c2ccc(-n3cncn3)cc2)sc1C. The Bertz CT molecular complexity index is 852. The first-order valence-corrected chi connectivity index (χ1v) is 9.14. The van der Waals surface area contributed by atoms with Crippen LogP contribution in [0.2, 0.25) is 0 Å². The summed E-state index contributed by atoms with van der Waals surface area (Å²) in [5.74, 6) is 0.0700. The maximum Gasteiger partial charge on any atom is 0.264 e. The third kappa shape index (κ3) is 3.49. The maximum atomic E-state index is 12.8. The van der Waals surface area contributed by atoms with Crippen molar-refractivity contribution in [1.82, 2.24) is 19.7 Å². The van der Waals surface area contributed by atoms with Crippen LogP contribution < -0.4 is 0 Å². The Morgan fingerprint density at radius 1 is 1.32 bits per heavy atom. The van der Waals surface area contributed by atoms with Gasteiger partial charge < -0.3 is 4.90 Å². The van der Waals surface area contributed by atoms with Crippen LogP contribution in [-0.4, -0.2) is 32.6 Å². The number of hydrogen-bond donors (Lipinski definition) is 0. The van der Waals surface area contributed by atoms with E-state index < -0.39 is 0 Å². The fourth-order valence-corrected chi connectivity index (χ4v) is 3.89. The first kappa shape index (κ1) is 17.4. The van der Waals surface area contributed by atoms with Gasteiger partial charge >= 0.3 is 0 Å². The molecule has 5 nitrogen and oxygen atoms in total. The zero-order valence-electron chi connectivity index (χ0n) is 14.9. The molecule has 0 N–H and O–H groups in total. The first-order valence-electron chi connectivity index (χ1n) is 8.32. The second-order valence-corrected chi connectivity index (χ2v) is 7.33. The highest BCUT2D eigenvalue weighted by molar-refractivity contribution is 7.14. The highest BCUT2D eigenvalue weighted by Gasteiger charge is 2.21. The van der Waals surface area contributed by atoms with Gasteiger partial charge in [-0.25, -0.2) is 9.67 Å². The van der Waals surface area contributed by atoms with Gasteiger partial charge in [-0.2, -0.15) is 5.10 Å². The normalized spacial score (nSPS) is 12.2. The number of nitrogens with zero attached hydrogens (tertiary/aromatic N) is 4.